The molecule has 1 saturated carbocycles. The van der Waals surface area contributed by atoms with Crippen LogP contribution in [0.5, 0.6) is 0 Å². The van der Waals surface area contributed by atoms with E-state index in [1.165, 1.54) is 28.2 Å². The number of amides is 2. The molecule has 4 aromatic rings. The van der Waals surface area contributed by atoms with Crippen molar-refractivity contribution in [3.63, 3.8) is 0 Å². The van der Waals surface area contributed by atoms with E-state index < -0.39 is 11.7 Å². The van der Waals surface area contributed by atoms with Gasteiger partial charge in [-0.15, -0.1) is 16.4 Å². The molecule has 2 N–H and O–H groups in total. The summed E-state index contributed by atoms with van der Waals surface area (Å²) in [6.07, 6.45) is 1.99. The SMILES string of the molecule is O=C(NC1CC1)c1cccc(NC(=O)c2nc(-c3cccs3)n(-c3cccc(F)c3)n2)c1. The third-order valence-electron chi connectivity index (χ3n) is 4.90. The first-order valence-electron chi connectivity index (χ1n) is 10.1. The lowest BCUT2D eigenvalue weighted by molar-refractivity contribution is 0.0949. The molecule has 0 atom stereocenters. The molecule has 2 aromatic carbocycles. The van der Waals surface area contributed by atoms with Crippen LogP contribution in [0.15, 0.2) is 66.0 Å². The standard InChI is InChI=1S/C23H18FN5O2S/c24-15-5-2-7-18(13-15)29-21(19-8-3-11-32-19)27-20(28-29)23(31)26-17-6-1-4-14(12-17)22(30)25-16-9-10-16/h1-8,11-13,16H,9-10H2,(H,25,30)(H,26,31). The molecule has 5 rings (SSSR count). The maximum absolute atomic E-state index is 13.8. The summed E-state index contributed by atoms with van der Waals surface area (Å²) in [5.74, 6) is -0.740. The van der Waals surface area contributed by atoms with Crippen molar-refractivity contribution in [2.45, 2.75) is 18.9 Å². The normalized spacial score (nSPS) is 13.0. The van der Waals surface area contributed by atoms with Gasteiger partial charge >= 0.3 is 0 Å². The second kappa shape index (κ2) is 8.35. The minimum Gasteiger partial charge on any atom is -0.349 e. The van der Waals surface area contributed by atoms with E-state index in [1.807, 2.05) is 17.5 Å². The zero-order valence-corrected chi connectivity index (χ0v) is 17.6. The summed E-state index contributed by atoms with van der Waals surface area (Å²) >= 11 is 1.44. The topological polar surface area (TPSA) is 88.9 Å². The molecule has 1 aliphatic carbocycles. The summed E-state index contributed by atoms with van der Waals surface area (Å²) in [7, 11) is 0. The first kappa shape index (κ1) is 20.1. The van der Waals surface area contributed by atoms with Gasteiger partial charge in [-0.05, 0) is 60.7 Å². The Labute approximate surface area is 186 Å². The van der Waals surface area contributed by atoms with Crippen molar-refractivity contribution in [1.82, 2.24) is 20.1 Å². The average molecular weight is 447 g/mol. The first-order valence-corrected chi connectivity index (χ1v) is 10.9. The fraction of sp³-hybridized carbons (Fsp3) is 0.130. The minimum atomic E-state index is -0.530. The van der Waals surface area contributed by atoms with Crippen molar-refractivity contribution in [3.05, 3.63) is 83.2 Å². The van der Waals surface area contributed by atoms with E-state index in [2.05, 4.69) is 20.7 Å². The van der Waals surface area contributed by atoms with Crippen LogP contribution in [-0.2, 0) is 0 Å². The van der Waals surface area contributed by atoms with Crippen molar-refractivity contribution in [2.75, 3.05) is 5.32 Å². The van der Waals surface area contributed by atoms with E-state index in [-0.39, 0.29) is 17.8 Å². The van der Waals surface area contributed by atoms with Gasteiger partial charge in [-0.1, -0.05) is 18.2 Å². The number of hydrogen-bond donors (Lipinski definition) is 2. The highest BCUT2D eigenvalue weighted by Crippen LogP contribution is 2.26. The van der Waals surface area contributed by atoms with Crippen LogP contribution in [0.3, 0.4) is 0 Å². The molecule has 0 unspecified atom stereocenters. The van der Waals surface area contributed by atoms with E-state index in [0.29, 0.717) is 22.8 Å². The van der Waals surface area contributed by atoms with E-state index in [0.717, 1.165) is 17.7 Å². The van der Waals surface area contributed by atoms with Gasteiger partial charge in [-0.3, -0.25) is 9.59 Å². The predicted octanol–water partition coefficient (Wildman–Crippen LogP) is 4.28. The zero-order chi connectivity index (χ0) is 22.1. The molecule has 2 aromatic heterocycles. The Morgan fingerprint density at radius 2 is 1.88 bits per heavy atom. The number of nitrogens with zero attached hydrogens (tertiary/aromatic N) is 3. The lowest BCUT2D eigenvalue weighted by atomic mass is 10.2. The number of halogens is 1. The molecule has 32 heavy (non-hydrogen) atoms. The van der Waals surface area contributed by atoms with Crippen molar-refractivity contribution in [2.24, 2.45) is 0 Å². The lowest BCUT2D eigenvalue weighted by Gasteiger charge is -2.06. The first-order chi connectivity index (χ1) is 15.6. The van der Waals surface area contributed by atoms with E-state index in [4.69, 9.17) is 0 Å². The van der Waals surface area contributed by atoms with Crippen molar-refractivity contribution >= 4 is 28.8 Å². The van der Waals surface area contributed by atoms with Gasteiger partial charge in [0.25, 0.3) is 11.8 Å². The molecule has 2 amide bonds. The zero-order valence-electron chi connectivity index (χ0n) is 16.8. The van der Waals surface area contributed by atoms with Gasteiger partial charge in [0.05, 0.1) is 10.6 Å². The van der Waals surface area contributed by atoms with Crippen LogP contribution < -0.4 is 10.6 Å². The Balaban J connectivity index is 1.43. The Bertz CT molecular complexity index is 1300. The maximum atomic E-state index is 13.8. The molecule has 0 radical (unpaired) electrons. The highest BCUT2D eigenvalue weighted by atomic mass is 32.1. The Kier molecular flexibility index (Phi) is 5.24. The smallest absolute Gasteiger partial charge is 0.295 e. The number of carbonyl (C=O) groups is 2. The average Bonchev–Trinajstić information content (AvgIpc) is 3.26. The molecule has 1 fully saturated rings. The van der Waals surface area contributed by atoms with Crippen molar-refractivity contribution in [3.8, 4) is 16.4 Å². The van der Waals surface area contributed by atoms with Gasteiger partial charge in [0.15, 0.2) is 5.82 Å². The number of nitrogens with one attached hydrogen (secondary N) is 2. The third-order valence-corrected chi connectivity index (χ3v) is 5.77. The van der Waals surface area contributed by atoms with E-state index in [9.17, 15) is 14.0 Å². The van der Waals surface area contributed by atoms with Crippen LogP contribution in [0.2, 0.25) is 0 Å². The molecule has 0 bridgehead atoms. The number of rotatable bonds is 6. The van der Waals surface area contributed by atoms with Crippen LogP contribution in [0.1, 0.15) is 33.8 Å². The summed E-state index contributed by atoms with van der Waals surface area (Å²) in [5.41, 5.74) is 1.38. The highest BCUT2D eigenvalue weighted by Gasteiger charge is 2.24. The van der Waals surface area contributed by atoms with E-state index >= 15 is 0 Å². The number of anilines is 1. The molecular weight excluding hydrogens is 429 g/mol. The summed E-state index contributed by atoms with van der Waals surface area (Å²) in [5, 5.41) is 11.9. The predicted molar refractivity (Wildman–Crippen MR) is 120 cm³/mol. The summed E-state index contributed by atoms with van der Waals surface area (Å²) in [4.78, 5) is 30.4. The highest BCUT2D eigenvalue weighted by molar-refractivity contribution is 7.13. The molecule has 0 saturated heterocycles. The molecule has 0 spiro atoms. The second-order valence-corrected chi connectivity index (χ2v) is 8.36. The van der Waals surface area contributed by atoms with Crippen LogP contribution in [0, 0.1) is 5.82 Å². The fourth-order valence-corrected chi connectivity index (χ4v) is 3.88. The van der Waals surface area contributed by atoms with Crippen molar-refractivity contribution < 1.29 is 14.0 Å². The van der Waals surface area contributed by atoms with Gasteiger partial charge in [-0.25, -0.2) is 14.1 Å². The molecule has 0 aliphatic heterocycles. The van der Waals surface area contributed by atoms with Crippen LogP contribution >= 0.6 is 11.3 Å². The third kappa shape index (κ3) is 4.28. The number of hydrogen-bond acceptors (Lipinski definition) is 5. The Morgan fingerprint density at radius 3 is 2.62 bits per heavy atom. The summed E-state index contributed by atoms with van der Waals surface area (Å²) < 4.78 is 15.2. The van der Waals surface area contributed by atoms with Gasteiger partial charge in [0, 0.05) is 17.3 Å². The molecule has 7 nitrogen and oxygen atoms in total. The number of benzene rings is 2. The maximum Gasteiger partial charge on any atom is 0.295 e. The Hall–Kier alpha value is -3.85. The second-order valence-electron chi connectivity index (χ2n) is 7.41. The largest absolute Gasteiger partial charge is 0.349 e. The van der Waals surface area contributed by atoms with E-state index in [1.54, 1.807) is 36.4 Å². The quantitative estimate of drug-likeness (QED) is 0.462. The molecule has 9 heteroatoms. The number of thiophene rings is 1. The van der Waals surface area contributed by atoms with Gasteiger partial charge in [0.1, 0.15) is 5.82 Å². The summed E-state index contributed by atoms with van der Waals surface area (Å²) in [6.45, 7) is 0. The lowest BCUT2D eigenvalue weighted by Crippen LogP contribution is -2.25. The molecule has 1 aliphatic rings. The van der Waals surface area contributed by atoms with Crippen molar-refractivity contribution in [1.29, 1.82) is 0 Å². The molecule has 2 heterocycles. The summed E-state index contributed by atoms with van der Waals surface area (Å²) in [6, 6.07) is 16.6. The van der Waals surface area contributed by atoms with Crippen LogP contribution in [0.4, 0.5) is 10.1 Å². The molecule has 160 valence electrons. The number of aromatic nitrogens is 3. The Morgan fingerprint density at radius 1 is 1.03 bits per heavy atom. The van der Waals surface area contributed by atoms with Gasteiger partial charge in [-0.2, -0.15) is 0 Å². The number of carbonyl (C=O) groups excluding carboxylic acids is 2. The van der Waals surface area contributed by atoms with Crippen LogP contribution in [-0.4, -0.2) is 32.6 Å². The minimum absolute atomic E-state index is 0.0644. The fourth-order valence-electron chi connectivity index (χ4n) is 3.18. The monoisotopic (exact) mass is 447 g/mol. The molecular formula is C23H18FN5O2S. The van der Waals surface area contributed by atoms with Crippen LogP contribution in [0.25, 0.3) is 16.4 Å². The van der Waals surface area contributed by atoms with Gasteiger partial charge in [0.2, 0.25) is 5.82 Å². The van der Waals surface area contributed by atoms with Gasteiger partial charge < -0.3 is 10.6 Å².